The zero-order valence-electron chi connectivity index (χ0n) is 22.4. The quantitative estimate of drug-likeness (QED) is 0.502. The van der Waals surface area contributed by atoms with Gasteiger partial charge in [0.1, 0.15) is 23.5 Å². The maximum absolute atomic E-state index is 12.3. The first-order valence-electron chi connectivity index (χ1n) is 13.5. The Hall–Kier alpha value is -3.65. The Morgan fingerprint density at radius 1 is 1.08 bits per heavy atom. The first kappa shape index (κ1) is 24.7. The highest BCUT2D eigenvalue weighted by molar-refractivity contribution is 6.05. The molecule has 1 saturated carbocycles. The standard InChI is InChI=1S/C30H35N5O3/c1-30(2)13-4-5-25(30)38-24-10-6-20(7-11-24)17-34-18-22-9-8-21(15-23(22)19-34)28-31-16-27(33(28)3)35-14-12-26(36)32-29(35)37/h6-11,15-16,25H,4-5,12-14,17-19H2,1-3H3,(H,32,36,37). The number of amides is 3. The molecule has 6 rings (SSSR count). The van der Waals surface area contributed by atoms with E-state index in [0.717, 1.165) is 43.2 Å². The van der Waals surface area contributed by atoms with Crippen LogP contribution in [0.15, 0.2) is 48.7 Å². The van der Waals surface area contributed by atoms with Crippen molar-refractivity contribution in [2.45, 2.75) is 65.3 Å². The Morgan fingerprint density at radius 3 is 2.61 bits per heavy atom. The van der Waals surface area contributed by atoms with Crippen LogP contribution in [0.5, 0.6) is 5.75 Å². The van der Waals surface area contributed by atoms with Crippen molar-refractivity contribution in [1.82, 2.24) is 19.8 Å². The third kappa shape index (κ3) is 4.69. The van der Waals surface area contributed by atoms with Crippen molar-refractivity contribution >= 4 is 17.8 Å². The van der Waals surface area contributed by atoms with E-state index in [-0.39, 0.29) is 17.7 Å². The molecule has 3 heterocycles. The van der Waals surface area contributed by atoms with Gasteiger partial charge in [-0.2, -0.15) is 0 Å². The van der Waals surface area contributed by atoms with E-state index in [2.05, 4.69) is 71.5 Å². The Bertz CT molecular complexity index is 1380. The van der Waals surface area contributed by atoms with Crippen LogP contribution in [0.4, 0.5) is 10.6 Å². The summed E-state index contributed by atoms with van der Waals surface area (Å²) in [5, 5.41) is 2.38. The molecule has 1 N–H and O–H groups in total. The summed E-state index contributed by atoms with van der Waals surface area (Å²) in [7, 11) is 1.90. The lowest BCUT2D eigenvalue weighted by molar-refractivity contribution is -0.120. The summed E-state index contributed by atoms with van der Waals surface area (Å²) in [6, 6.07) is 14.7. The fraction of sp³-hybridized carbons (Fsp3) is 0.433. The van der Waals surface area contributed by atoms with Crippen LogP contribution in [0.2, 0.25) is 0 Å². The minimum atomic E-state index is -0.401. The first-order valence-corrected chi connectivity index (χ1v) is 13.5. The molecule has 2 aliphatic heterocycles. The third-order valence-electron chi connectivity index (χ3n) is 8.31. The van der Waals surface area contributed by atoms with Crippen LogP contribution < -0.4 is 15.0 Å². The Morgan fingerprint density at radius 2 is 1.87 bits per heavy atom. The summed E-state index contributed by atoms with van der Waals surface area (Å²) in [6.45, 7) is 7.64. The van der Waals surface area contributed by atoms with Gasteiger partial charge >= 0.3 is 6.03 Å². The fourth-order valence-corrected chi connectivity index (χ4v) is 6.03. The molecule has 1 saturated heterocycles. The van der Waals surface area contributed by atoms with Crippen molar-refractivity contribution in [2.75, 3.05) is 11.4 Å². The number of carbonyl (C=O) groups excluding carboxylic acids is 2. The second-order valence-electron chi connectivity index (χ2n) is 11.5. The highest BCUT2D eigenvalue weighted by Gasteiger charge is 2.36. The fourth-order valence-electron chi connectivity index (χ4n) is 6.03. The SMILES string of the molecule is Cn1c(N2CCC(=O)NC2=O)cnc1-c1ccc2c(c1)CN(Cc1ccc(OC3CCCC3(C)C)cc1)C2. The summed E-state index contributed by atoms with van der Waals surface area (Å²) < 4.78 is 8.24. The third-order valence-corrected chi connectivity index (χ3v) is 8.31. The average Bonchev–Trinajstić information content (AvgIpc) is 3.56. The van der Waals surface area contributed by atoms with Gasteiger partial charge in [0.05, 0.1) is 6.20 Å². The topological polar surface area (TPSA) is 79.7 Å². The van der Waals surface area contributed by atoms with Crippen LogP contribution in [-0.2, 0) is 31.5 Å². The number of anilines is 1. The van der Waals surface area contributed by atoms with Gasteiger partial charge in [0.2, 0.25) is 5.91 Å². The summed E-state index contributed by atoms with van der Waals surface area (Å²) in [6.07, 6.45) is 5.89. The largest absolute Gasteiger partial charge is 0.490 e. The molecular formula is C30H35N5O3. The normalized spacial score (nSPS) is 21.0. The number of aromatic nitrogens is 2. The number of nitrogens with zero attached hydrogens (tertiary/aromatic N) is 4. The predicted octanol–water partition coefficient (Wildman–Crippen LogP) is 5.01. The van der Waals surface area contributed by atoms with Gasteiger partial charge in [-0.15, -0.1) is 0 Å². The molecule has 3 aromatic rings. The van der Waals surface area contributed by atoms with E-state index < -0.39 is 6.03 Å². The van der Waals surface area contributed by atoms with Crippen LogP contribution in [0, 0.1) is 5.41 Å². The molecule has 2 fully saturated rings. The van der Waals surface area contributed by atoms with E-state index in [1.807, 2.05) is 11.6 Å². The Labute approximate surface area is 223 Å². The number of carbonyl (C=O) groups is 2. The minimum Gasteiger partial charge on any atom is -0.490 e. The molecule has 1 atom stereocenters. The van der Waals surface area contributed by atoms with E-state index in [4.69, 9.17) is 4.74 Å². The molecule has 1 aliphatic carbocycles. The van der Waals surface area contributed by atoms with E-state index in [0.29, 0.717) is 18.5 Å². The highest BCUT2D eigenvalue weighted by Crippen LogP contribution is 2.40. The summed E-state index contributed by atoms with van der Waals surface area (Å²) in [5.74, 6) is 2.20. The van der Waals surface area contributed by atoms with Crippen LogP contribution in [-0.4, -0.2) is 39.0 Å². The maximum atomic E-state index is 12.3. The van der Waals surface area contributed by atoms with E-state index in [1.54, 1.807) is 11.1 Å². The molecule has 1 unspecified atom stereocenters. The predicted molar refractivity (Wildman–Crippen MR) is 146 cm³/mol. The smallest absolute Gasteiger partial charge is 0.329 e. The number of imide groups is 1. The van der Waals surface area contributed by atoms with Crippen LogP contribution in [0.25, 0.3) is 11.4 Å². The average molecular weight is 514 g/mol. The second kappa shape index (κ2) is 9.58. The number of imidazole rings is 1. The number of ether oxygens (including phenoxy) is 1. The van der Waals surface area contributed by atoms with Crippen molar-refractivity contribution in [3.8, 4) is 17.1 Å². The molecule has 38 heavy (non-hydrogen) atoms. The molecule has 0 radical (unpaired) electrons. The number of benzene rings is 2. The Balaban J connectivity index is 1.11. The van der Waals surface area contributed by atoms with Gasteiger partial charge in [0.25, 0.3) is 0 Å². The first-order chi connectivity index (χ1) is 18.3. The highest BCUT2D eigenvalue weighted by atomic mass is 16.5. The lowest BCUT2D eigenvalue weighted by Crippen LogP contribution is -2.50. The van der Waals surface area contributed by atoms with Gasteiger partial charge in [-0.25, -0.2) is 9.78 Å². The zero-order chi connectivity index (χ0) is 26.4. The van der Waals surface area contributed by atoms with Gasteiger partial charge in [-0.3, -0.25) is 19.9 Å². The second-order valence-corrected chi connectivity index (χ2v) is 11.5. The lowest BCUT2D eigenvalue weighted by atomic mass is 9.89. The van der Waals surface area contributed by atoms with Gasteiger partial charge in [0.15, 0.2) is 0 Å². The van der Waals surface area contributed by atoms with E-state index in [9.17, 15) is 9.59 Å². The molecule has 3 aliphatic rings. The maximum Gasteiger partial charge on any atom is 0.329 e. The van der Waals surface area contributed by atoms with Crippen LogP contribution in [0.1, 0.15) is 56.2 Å². The molecule has 8 nitrogen and oxygen atoms in total. The summed E-state index contributed by atoms with van der Waals surface area (Å²) in [5.41, 5.74) is 5.18. The molecule has 3 amide bonds. The van der Waals surface area contributed by atoms with Crippen molar-refractivity contribution in [2.24, 2.45) is 12.5 Å². The molecule has 0 spiro atoms. The van der Waals surface area contributed by atoms with Gasteiger partial charge in [0, 0.05) is 50.6 Å². The lowest BCUT2D eigenvalue weighted by Gasteiger charge is -2.27. The number of hydrogen-bond donors (Lipinski definition) is 1. The van der Waals surface area contributed by atoms with Gasteiger partial charge in [-0.05, 0) is 54.2 Å². The zero-order valence-corrected chi connectivity index (χ0v) is 22.4. The van der Waals surface area contributed by atoms with Gasteiger partial charge < -0.3 is 9.30 Å². The van der Waals surface area contributed by atoms with Gasteiger partial charge in [-0.1, -0.05) is 38.1 Å². The number of rotatable bonds is 6. The van der Waals surface area contributed by atoms with Crippen molar-refractivity contribution in [3.05, 3.63) is 65.4 Å². The monoisotopic (exact) mass is 513 g/mol. The molecule has 198 valence electrons. The minimum absolute atomic E-state index is 0.241. The number of nitrogens with one attached hydrogen (secondary N) is 1. The Kier molecular flexibility index (Phi) is 6.22. The molecule has 8 heteroatoms. The molecular weight excluding hydrogens is 478 g/mol. The molecule has 2 aromatic carbocycles. The van der Waals surface area contributed by atoms with Crippen LogP contribution in [0.3, 0.4) is 0 Å². The summed E-state index contributed by atoms with van der Waals surface area (Å²) >= 11 is 0. The molecule has 0 bridgehead atoms. The van der Waals surface area contributed by atoms with E-state index in [1.165, 1.54) is 29.5 Å². The number of urea groups is 1. The van der Waals surface area contributed by atoms with Crippen molar-refractivity contribution in [1.29, 1.82) is 0 Å². The van der Waals surface area contributed by atoms with Crippen LogP contribution >= 0.6 is 0 Å². The molecule has 1 aromatic heterocycles. The van der Waals surface area contributed by atoms with E-state index >= 15 is 0 Å². The van der Waals surface area contributed by atoms with Crippen molar-refractivity contribution in [3.63, 3.8) is 0 Å². The number of hydrogen-bond acceptors (Lipinski definition) is 5. The number of fused-ring (bicyclic) bond motifs is 1. The summed E-state index contributed by atoms with van der Waals surface area (Å²) in [4.78, 5) is 32.5. The van der Waals surface area contributed by atoms with Crippen molar-refractivity contribution < 1.29 is 14.3 Å².